The standard InChI is InChI=1S/C14H26N2O4S/c1-15(21(2,19)20)10-14(18)16-9-12(17)8-13(16)11-6-4-3-5-7-11/h11-13,17H,3-10H2,1-2H3/t12-,13-/m1/s1. The molecule has 1 heterocycles. The summed E-state index contributed by atoms with van der Waals surface area (Å²) in [5.41, 5.74) is 0. The molecule has 0 radical (unpaired) electrons. The van der Waals surface area contributed by atoms with Gasteiger partial charge in [0.1, 0.15) is 0 Å². The molecular formula is C14H26N2O4S. The van der Waals surface area contributed by atoms with E-state index in [0.717, 1.165) is 23.4 Å². The Balaban J connectivity index is 2.03. The third-order valence-corrected chi connectivity index (χ3v) is 6.02. The summed E-state index contributed by atoms with van der Waals surface area (Å²) in [7, 11) is -1.95. The number of carbonyl (C=O) groups excluding carboxylic acids is 1. The highest BCUT2D eigenvalue weighted by atomic mass is 32.2. The van der Waals surface area contributed by atoms with E-state index in [1.165, 1.54) is 26.3 Å². The second-order valence-corrected chi connectivity index (χ2v) is 8.51. The van der Waals surface area contributed by atoms with E-state index >= 15 is 0 Å². The van der Waals surface area contributed by atoms with Gasteiger partial charge in [-0.3, -0.25) is 4.79 Å². The molecule has 1 N–H and O–H groups in total. The highest BCUT2D eigenvalue weighted by molar-refractivity contribution is 7.88. The van der Waals surface area contributed by atoms with Gasteiger partial charge in [-0.05, 0) is 25.2 Å². The van der Waals surface area contributed by atoms with Crippen LogP contribution in [0.3, 0.4) is 0 Å². The molecule has 0 aromatic carbocycles. The number of likely N-dealkylation sites (N-methyl/N-ethyl adjacent to an activating group) is 1. The third-order valence-electron chi connectivity index (χ3n) is 4.76. The molecule has 1 saturated heterocycles. The van der Waals surface area contributed by atoms with Crippen LogP contribution in [-0.4, -0.2) is 67.2 Å². The van der Waals surface area contributed by atoms with Crippen LogP contribution in [0.25, 0.3) is 0 Å². The molecule has 2 fully saturated rings. The number of aliphatic hydroxyl groups excluding tert-OH is 1. The van der Waals surface area contributed by atoms with Crippen LogP contribution in [0.1, 0.15) is 38.5 Å². The summed E-state index contributed by atoms with van der Waals surface area (Å²) in [5.74, 6) is 0.249. The average molecular weight is 318 g/mol. The Morgan fingerprint density at radius 2 is 1.90 bits per heavy atom. The van der Waals surface area contributed by atoms with Gasteiger partial charge in [0, 0.05) is 19.6 Å². The number of hydrogen-bond donors (Lipinski definition) is 1. The number of likely N-dealkylation sites (tertiary alicyclic amines) is 1. The number of aliphatic hydroxyl groups is 1. The van der Waals surface area contributed by atoms with Crippen LogP contribution in [0.2, 0.25) is 0 Å². The molecule has 1 aliphatic heterocycles. The van der Waals surface area contributed by atoms with Crippen molar-refractivity contribution in [1.82, 2.24) is 9.21 Å². The fraction of sp³-hybridized carbons (Fsp3) is 0.929. The van der Waals surface area contributed by atoms with Crippen molar-refractivity contribution in [3.8, 4) is 0 Å². The second kappa shape index (κ2) is 6.62. The Bertz CT molecular complexity index is 473. The number of sulfonamides is 1. The largest absolute Gasteiger partial charge is 0.391 e. The summed E-state index contributed by atoms with van der Waals surface area (Å²) in [6, 6.07) is 0.0701. The molecule has 122 valence electrons. The number of hydrogen-bond acceptors (Lipinski definition) is 4. The molecule has 1 aliphatic carbocycles. The summed E-state index contributed by atoms with van der Waals surface area (Å²) in [6.45, 7) is 0.187. The normalized spacial score (nSPS) is 28.3. The lowest BCUT2D eigenvalue weighted by Crippen LogP contribution is -2.46. The zero-order chi connectivity index (χ0) is 15.6. The van der Waals surface area contributed by atoms with Crippen molar-refractivity contribution >= 4 is 15.9 Å². The summed E-state index contributed by atoms with van der Waals surface area (Å²) in [4.78, 5) is 14.1. The number of carbonyl (C=O) groups is 1. The first-order chi connectivity index (χ1) is 9.79. The summed E-state index contributed by atoms with van der Waals surface area (Å²) in [6.07, 6.45) is 7.05. The van der Waals surface area contributed by atoms with Gasteiger partial charge < -0.3 is 10.0 Å². The predicted molar refractivity (Wildman–Crippen MR) is 80.2 cm³/mol. The van der Waals surface area contributed by atoms with Crippen LogP contribution in [0.4, 0.5) is 0 Å². The molecule has 2 rings (SSSR count). The minimum Gasteiger partial charge on any atom is -0.391 e. The summed E-state index contributed by atoms with van der Waals surface area (Å²) < 4.78 is 23.9. The van der Waals surface area contributed by atoms with Gasteiger partial charge in [0.05, 0.1) is 18.9 Å². The van der Waals surface area contributed by atoms with Crippen molar-refractivity contribution in [3.63, 3.8) is 0 Å². The molecule has 0 aromatic rings. The third kappa shape index (κ3) is 4.17. The number of nitrogens with zero attached hydrogens (tertiary/aromatic N) is 2. The van der Waals surface area contributed by atoms with Crippen molar-refractivity contribution in [1.29, 1.82) is 0 Å². The molecule has 21 heavy (non-hydrogen) atoms. The van der Waals surface area contributed by atoms with Crippen LogP contribution >= 0.6 is 0 Å². The van der Waals surface area contributed by atoms with E-state index in [-0.39, 0.29) is 18.5 Å². The van der Waals surface area contributed by atoms with E-state index in [9.17, 15) is 18.3 Å². The highest BCUT2D eigenvalue weighted by Crippen LogP contribution is 2.34. The summed E-state index contributed by atoms with van der Waals surface area (Å²) >= 11 is 0. The van der Waals surface area contributed by atoms with Crippen LogP contribution in [0.5, 0.6) is 0 Å². The van der Waals surface area contributed by atoms with Crippen LogP contribution in [0.15, 0.2) is 0 Å². The molecule has 6 nitrogen and oxygen atoms in total. The molecule has 0 bridgehead atoms. The minimum atomic E-state index is -3.36. The van der Waals surface area contributed by atoms with Gasteiger partial charge in [-0.1, -0.05) is 19.3 Å². The first-order valence-corrected chi connectivity index (χ1v) is 9.52. The van der Waals surface area contributed by atoms with Gasteiger partial charge in [0.15, 0.2) is 0 Å². The lowest BCUT2D eigenvalue weighted by atomic mass is 9.82. The van der Waals surface area contributed by atoms with Crippen molar-refractivity contribution in [2.45, 2.75) is 50.7 Å². The molecule has 0 aromatic heterocycles. The zero-order valence-electron chi connectivity index (χ0n) is 12.9. The maximum Gasteiger partial charge on any atom is 0.238 e. The van der Waals surface area contributed by atoms with Gasteiger partial charge in [-0.25, -0.2) is 8.42 Å². The number of rotatable bonds is 4. The average Bonchev–Trinajstić information content (AvgIpc) is 2.81. The first-order valence-electron chi connectivity index (χ1n) is 7.68. The van der Waals surface area contributed by atoms with E-state index in [0.29, 0.717) is 18.9 Å². The first kappa shape index (κ1) is 16.7. The summed E-state index contributed by atoms with van der Waals surface area (Å²) in [5, 5.41) is 9.92. The SMILES string of the molecule is CN(CC(=O)N1C[C@H](O)C[C@@H]1C1CCCCC1)S(C)(=O)=O. The van der Waals surface area contributed by atoms with Crippen LogP contribution < -0.4 is 0 Å². The quantitative estimate of drug-likeness (QED) is 0.815. The molecule has 0 unspecified atom stereocenters. The smallest absolute Gasteiger partial charge is 0.238 e. The molecular weight excluding hydrogens is 292 g/mol. The van der Waals surface area contributed by atoms with Gasteiger partial charge in [-0.15, -0.1) is 0 Å². The maximum absolute atomic E-state index is 12.4. The van der Waals surface area contributed by atoms with Gasteiger partial charge in [0.25, 0.3) is 0 Å². The van der Waals surface area contributed by atoms with Gasteiger partial charge in [-0.2, -0.15) is 4.31 Å². The van der Waals surface area contributed by atoms with Crippen molar-refractivity contribution < 1.29 is 18.3 Å². The second-order valence-electron chi connectivity index (χ2n) is 6.42. The van der Waals surface area contributed by atoms with E-state index in [4.69, 9.17) is 0 Å². The monoisotopic (exact) mass is 318 g/mol. The maximum atomic E-state index is 12.4. The van der Waals surface area contributed by atoms with Crippen molar-refractivity contribution in [3.05, 3.63) is 0 Å². The van der Waals surface area contributed by atoms with E-state index in [1.54, 1.807) is 4.90 Å². The van der Waals surface area contributed by atoms with E-state index in [2.05, 4.69) is 0 Å². The predicted octanol–water partition coefficient (Wildman–Crippen LogP) is 0.420. The molecule has 2 aliphatic rings. The molecule has 1 saturated carbocycles. The van der Waals surface area contributed by atoms with Crippen LogP contribution in [0, 0.1) is 5.92 Å². The Morgan fingerprint density at radius 1 is 1.29 bits per heavy atom. The minimum absolute atomic E-state index is 0.0701. The van der Waals surface area contributed by atoms with E-state index < -0.39 is 16.1 Å². The number of β-amino-alcohol motifs (C(OH)–C–C–N with tert-alkyl or cyclic N) is 1. The Morgan fingerprint density at radius 3 is 2.48 bits per heavy atom. The van der Waals surface area contributed by atoms with Gasteiger partial charge in [0.2, 0.25) is 15.9 Å². The lowest BCUT2D eigenvalue weighted by Gasteiger charge is -2.34. The molecule has 1 amide bonds. The van der Waals surface area contributed by atoms with Gasteiger partial charge >= 0.3 is 0 Å². The molecule has 7 heteroatoms. The highest BCUT2D eigenvalue weighted by Gasteiger charge is 2.39. The Labute approximate surface area is 127 Å². The van der Waals surface area contributed by atoms with Crippen LogP contribution in [-0.2, 0) is 14.8 Å². The fourth-order valence-corrected chi connectivity index (χ4v) is 3.84. The fourth-order valence-electron chi connectivity index (χ4n) is 3.49. The van der Waals surface area contributed by atoms with E-state index in [1.807, 2.05) is 0 Å². The van der Waals surface area contributed by atoms with Crippen molar-refractivity contribution in [2.75, 3.05) is 26.4 Å². The van der Waals surface area contributed by atoms with Crippen molar-refractivity contribution in [2.24, 2.45) is 5.92 Å². The Kier molecular flexibility index (Phi) is 5.27. The molecule has 0 spiro atoms. The zero-order valence-corrected chi connectivity index (χ0v) is 13.7. The number of amides is 1. The lowest BCUT2D eigenvalue weighted by molar-refractivity contribution is -0.133. The topological polar surface area (TPSA) is 77.9 Å². The Hall–Kier alpha value is -0.660. The molecule has 2 atom stereocenters.